The van der Waals surface area contributed by atoms with Crippen LogP contribution in [0.5, 0.6) is 5.75 Å². The van der Waals surface area contributed by atoms with E-state index in [1.165, 1.54) is 31.7 Å². The lowest BCUT2D eigenvalue weighted by Gasteiger charge is -2.20. The summed E-state index contributed by atoms with van der Waals surface area (Å²) < 4.78 is 10.3. The number of amides is 2. The minimum absolute atomic E-state index is 0.0437. The number of allylic oxidation sites excluding steroid dienone is 1. The van der Waals surface area contributed by atoms with Crippen LogP contribution in [0.4, 0.5) is 0 Å². The number of carboxylic acid groups (broad SMARTS) is 1. The van der Waals surface area contributed by atoms with Gasteiger partial charge in [-0.15, -0.1) is 6.58 Å². The molecule has 3 N–H and O–H groups in total. The zero-order valence-corrected chi connectivity index (χ0v) is 27.2. The average Bonchev–Trinajstić information content (AvgIpc) is 3.01. The molecule has 0 aliphatic heterocycles. The lowest BCUT2D eigenvalue weighted by Crippen LogP contribution is -2.49. The fourth-order valence-electron chi connectivity index (χ4n) is 4.78. The molecule has 5 atom stereocenters. The predicted octanol–water partition coefficient (Wildman–Crippen LogP) is 5.87. The van der Waals surface area contributed by atoms with Crippen molar-refractivity contribution in [1.82, 2.24) is 10.6 Å². The molecule has 0 saturated heterocycles. The zero-order valence-electron chi connectivity index (χ0n) is 26.5. The Balaban J connectivity index is 2.00. The number of esters is 1. The number of methoxy groups -OCH3 is 1. The van der Waals surface area contributed by atoms with Crippen LogP contribution in [-0.4, -0.2) is 54.7 Å². The normalized spacial score (nSPS) is 14.4. The van der Waals surface area contributed by atoms with Gasteiger partial charge in [-0.1, -0.05) is 80.9 Å². The molecular formula is C35H45ClN2O7. The van der Waals surface area contributed by atoms with Gasteiger partial charge in [0.25, 0.3) is 0 Å². The van der Waals surface area contributed by atoms with Crippen LogP contribution < -0.4 is 15.4 Å². The van der Waals surface area contributed by atoms with Gasteiger partial charge in [-0.2, -0.15) is 0 Å². The third-order valence-electron chi connectivity index (χ3n) is 7.41. The number of halogens is 1. The summed E-state index contributed by atoms with van der Waals surface area (Å²) in [7, 11) is 1.50. The van der Waals surface area contributed by atoms with Crippen LogP contribution in [0.2, 0.25) is 5.02 Å². The van der Waals surface area contributed by atoms with Gasteiger partial charge in [0, 0.05) is 19.4 Å². The maximum atomic E-state index is 13.2. The summed E-state index contributed by atoms with van der Waals surface area (Å²) in [5, 5.41) is 15.0. The Labute approximate surface area is 271 Å². The maximum absolute atomic E-state index is 13.2. The van der Waals surface area contributed by atoms with E-state index in [2.05, 4.69) is 43.2 Å². The second kappa shape index (κ2) is 19.3. The summed E-state index contributed by atoms with van der Waals surface area (Å²) in [5.74, 6) is -2.47. The van der Waals surface area contributed by atoms with Crippen molar-refractivity contribution in [3.05, 3.63) is 89.5 Å². The third-order valence-corrected chi connectivity index (χ3v) is 7.70. The van der Waals surface area contributed by atoms with E-state index in [1.807, 2.05) is 18.2 Å². The van der Waals surface area contributed by atoms with Crippen molar-refractivity contribution in [2.75, 3.05) is 13.7 Å². The lowest BCUT2D eigenvalue weighted by molar-refractivity contribution is -0.166. The second-order valence-electron chi connectivity index (χ2n) is 11.3. The molecule has 0 bridgehead atoms. The summed E-state index contributed by atoms with van der Waals surface area (Å²) in [6, 6.07) is 14.5. The number of hydrogen-bond donors (Lipinski definition) is 3. The van der Waals surface area contributed by atoms with Gasteiger partial charge in [-0.05, 0) is 60.4 Å². The van der Waals surface area contributed by atoms with Gasteiger partial charge in [-0.3, -0.25) is 14.4 Å². The number of nitrogens with one attached hydrogen (secondary N) is 2. The Morgan fingerprint density at radius 3 is 2.40 bits per heavy atom. The summed E-state index contributed by atoms with van der Waals surface area (Å²) in [5.41, 5.74) is 2.00. The topological polar surface area (TPSA) is 131 Å². The Hall–Kier alpha value is -4.11. The number of carbonyl (C=O) groups is 4. The molecule has 0 heterocycles. The fraction of sp³-hybridized carbons (Fsp3) is 0.429. The molecule has 0 fully saturated rings. The van der Waals surface area contributed by atoms with Gasteiger partial charge in [-0.25, -0.2) is 4.79 Å². The van der Waals surface area contributed by atoms with Crippen molar-refractivity contribution >= 4 is 35.4 Å². The van der Waals surface area contributed by atoms with Gasteiger partial charge in [0.15, 0.2) is 0 Å². The molecule has 10 heteroatoms. The highest BCUT2D eigenvalue weighted by Gasteiger charge is 2.26. The third kappa shape index (κ3) is 13.2. The van der Waals surface area contributed by atoms with E-state index in [4.69, 9.17) is 21.1 Å². The number of rotatable bonds is 19. The fourth-order valence-corrected chi connectivity index (χ4v) is 5.06. The average molecular weight is 641 g/mol. The monoisotopic (exact) mass is 640 g/mol. The zero-order chi connectivity index (χ0) is 33.4. The molecule has 2 rings (SSSR count). The first-order valence-electron chi connectivity index (χ1n) is 15.1. The van der Waals surface area contributed by atoms with Crippen LogP contribution in [0.25, 0.3) is 0 Å². The van der Waals surface area contributed by atoms with E-state index >= 15 is 0 Å². The van der Waals surface area contributed by atoms with Gasteiger partial charge >= 0.3 is 11.9 Å². The van der Waals surface area contributed by atoms with E-state index in [0.717, 1.165) is 12.8 Å². The quantitative estimate of drug-likeness (QED) is 0.0995. The van der Waals surface area contributed by atoms with Crippen molar-refractivity contribution in [2.45, 2.75) is 70.9 Å². The molecule has 2 amide bonds. The molecule has 0 aromatic heterocycles. The van der Waals surface area contributed by atoms with Crippen molar-refractivity contribution in [3.63, 3.8) is 0 Å². The molecule has 0 aliphatic carbocycles. The SMILES string of the molecule is C=CCC(OC(=O)C(C)CNC(=O)[C@@H](Cc1ccc(OC)c(Cl)c1)NC(=O)/C=C/CCC(C)CC(C)c1ccccc1)C(=O)O. The molecule has 0 radical (unpaired) electrons. The molecule has 9 nitrogen and oxygen atoms in total. The minimum atomic E-state index is -1.36. The summed E-state index contributed by atoms with van der Waals surface area (Å²) >= 11 is 6.27. The number of carbonyl (C=O) groups excluding carboxylic acids is 3. The van der Waals surface area contributed by atoms with Gasteiger partial charge in [0.1, 0.15) is 11.8 Å². The lowest BCUT2D eigenvalue weighted by atomic mass is 9.89. The molecule has 2 aromatic carbocycles. The number of hydrogen-bond acceptors (Lipinski definition) is 6. The smallest absolute Gasteiger partial charge is 0.345 e. The standard InChI is InChI=1S/C35H45ClN2O7/c1-6-12-31(34(41)42)45-35(43)25(4)22-37-33(40)29(21-26-17-18-30(44-5)28(36)20-26)38-32(39)16-11-10-13-23(2)19-24(3)27-14-8-7-9-15-27/h6-9,11,14-18,20,23-25,29,31H,1,10,12-13,19,21-22H2,2-5H3,(H,37,40)(H,38,39)(H,41,42)/b16-11+/t23?,24?,25?,29-,31?/m1/s1. The van der Waals surface area contributed by atoms with Crippen molar-refractivity contribution < 1.29 is 33.8 Å². The molecule has 45 heavy (non-hydrogen) atoms. The predicted molar refractivity (Wildman–Crippen MR) is 175 cm³/mol. The molecular weight excluding hydrogens is 596 g/mol. The van der Waals surface area contributed by atoms with Crippen LogP contribution in [0.1, 0.15) is 63.5 Å². The number of benzene rings is 2. The molecule has 0 spiro atoms. The van der Waals surface area contributed by atoms with E-state index < -0.39 is 41.8 Å². The Bertz CT molecular complexity index is 1310. The van der Waals surface area contributed by atoms with E-state index in [9.17, 15) is 24.3 Å². The molecule has 0 saturated carbocycles. The maximum Gasteiger partial charge on any atom is 0.345 e. The first-order chi connectivity index (χ1) is 21.4. The summed E-state index contributed by atoms with van der Waals surface area (Å²) in [6.07, 6.45) is 5.97. The number of aliphatic carboxylic acids is 1. The van der Waals surface area contributed by atoms with Crippen LogP contribution in [-0.2, 0) is 30.3 Å². The first kappa shape index (κ1) is 37.1. The summed E-state index contributed by atoms with van der Waals surface area (Å²) in [4.78, 5) is 49.8. The number of ether oxygens (including phenoxy) is 2. The summed E-state index contributed by atoms with van der Waals surface area (Å²) in [6.45, 7) is 9.28. The van der Waals surface area contributed by atoms with Gasteiger partial charge < -0.3 is 25.2 Å². The van der Waals surface area contributed by atoms with E-state index in [0.29, 0.717) is 34.6 Å². The van der Waals surface area contributed by atoms with Crippen LogP contribution in [0, 0.1) is 11.8 Å². The molecule has 244 valence electrons. The van der Waals surface area contributed by atoms with Crippen LogP contribution >= 0.6 is 11.6 Å². The number of carboxylic acids is 1. The molecule has 2 aromatic rings. The highest BCUT2D eigenvalue weighted by molar-refractivity contribution is 6.32. The van der Waals surface area contributed by atoms with Crippen molar-refractivity contribution in [2.24, 2.45) is 11.8 Å². The minimum Gasteiger partial charge on any atom is -0.495 e. The Kier molecular flexibility index (Phi) is 15.9. The highest BCUT2D eigenvalue weighted by Crippen LogP contribution is 2.26. The second-order valence-corrected chi connectivity index (χ2v) is 11.7. The van der Waals surface area contributed by atoms with E-state index in [1.54, 1.807) is 24.3 Å². The Morgan fingerprint density at radius 2 is 1.78 bits per heavy atom. The largest absolute Gasteiger partial charge is 0.495 e. The van der Waals surface area contributed by atoms with Crippen LogP contribution in [0.15, 0.2) is 73.3 Å². The van der Waals surface area contributed by atoms with Crippen molar-refractivity contribution in [3.8, 4) is 5.75 Å². The van der Waals surface area contributed by atoms with Gasteiger partial charge in [0.2, 0.25) is 17.9 Å². The van der Waals surface area contributed by atoms with Crippen molar-refractivity contribution in [1.29, 1.82) is 0 Å². The Morgan fingerprint density at radius 1 is 1.07 bits per heavy atom. The molecule has 4 unspecified atom stereocenters. The van der Waals surface area contributed by atoms with E-state index in [-0.39, 0.29) is 19.4 Å². The molecule has 0 aliphatic rings. The van der Waals surface area contributed by atoms with Crippen LogP contribution in [0.3, 0.4) is 0 Å². The van der Waals surface area contributed by atoms with Gasteiger partial charge in [0.05, 0.1) is 18.1 Å². The highest BCUT2D eigenvalue weighted by atomic mass is 35.5. The first-order valence-corrected chi connectivity index (χ1v) is 15.5.